The van der Waals surface area contributed by atoms with Gasteiger partial charge in [-0.25, -0.2) is 4.98 Å². The van der Waals surface area contributed by atoms with Crippen molar-refractivity contribution in [2.75, 3.05) is 19.3 Å². The number of nitrogen functional groups attached to an aromatic ring is 1. The summed E-state index contributed by atoms with van der Waals surface area (Å²) in [6, 6.07) is 3.45. The Morgan fingerprint density at radius 2 is 2.44 bits per heavy atom. The number of nitrogens with two attached hydrogens (primary N) is 1. The van der Waals surface area contributed by atoms with E-state index in [0.717, 1.165) is 5.06 Å². The molecule has 0 aliphatic rings. The van der Waals surface area contributed by atoms with Gasteiger partial charge < -0.3 is 5.73 Å². The van der Waals surface area contributed by atoms with Crippen LogP contribution in [0.4, 0.5) is 5.82 Å². The molecule has 1 rings (SSSR count). The Hall–Kier alpha value is -1.95. The van der Waals surface area contributed by atoms with Crippen molar-refractivity contribution in [1.29, 1.82) is 0 Å². The first kappa shape index (κ1) is 12.1. The van der Waals surface area contributed by atoms with Gasteiger partial charge in [0.1, 0.15) is 12.2 Å². The van der Waals surface area contributed by atoms with Gasteiger partial charge in [-0.05, 0) is 19.1 Å². The van der Waals surface area contributed by atoms with Gasteiger partial charge in [0, 0.05) is 19.8 Å². The predicted molar refractivity (Wildman–Crippen MR) is 63.8 cm³/mol. The number of nitrogens with zero attached hydrogens (tertiary/aromatic N) is 4. The molecule has 0 bridgehead atoms. The smallest absolute Gasteiger partial charge is 0.165 e. The van der Waals surface area contributed by atoms with Crippen molar-refractivity contribution in [1.82, 2.24) is 10.0 Å². The molecule has 0 aliphatic carbocycles. The average Bonchev–Trinajstić information content (AvgIpc) is 2.30. The van der Waals surface area contributed by atoms with Crippen molar-refractivity contribution in [3.8, 4) is 0 Å². The molecule has 0 atom stereocenters. The van der Waals surface area contributed by atoms with Crippen molar-refractivity contribution in [2.24, 2.45) is 9.98 Å². The summed E-state index contributed by atoms with van der Waals surface area (Å²) in [7, 11) is 1.56. The van der Waals surface area contributed by atoms with Crippen LogP contribution in [0.15, 0.2) is 28.3 Å². The largest absolute Gasteiger partial charge is 0.383 e. The molecule has 0 saturated heterocycles. The maximum atomic E-state index is 9.69. The molecule has 0 aliphatic heterocycles. The fourth-order valence-electron chi connectivity index (χ4n) is 1.17. The van der Waals surface area contributed by atoms with E-state index < -0.39 is 0 Å². The Morgan fingerprint density at radius 1 is 1.69 bits per heavy atom. The fourth-order valence-corrected chi connectivity index (χ4v) is 1.17. The fraction of sp³-hybridized carbons (Fsp3) is 0.300. The van der Waals surface area contributed by atoms with E-state index in [-0.39, 0.29) is 0 Å². The van der Waals surface area contributed by atoms with Crippen LogP contribution in [-0.4, -0.2) is 41.0 Å². The van der Waals surface area contributed by atoms with Gasteiger partial charge in [0.25, 0.3) is 0 Å². The van der Waals surface area contributed by atoms with E-state index in [1.165, 1.54) is 6.34 Å². The summed E-state index contributed by atoms with van der Waals surface area (Å²) in [5.74, 6) is 0.620. The molecule has 0 spiro atoms. The topological polar surface area (TPSA) is 87.1 Å². The highest BCUT2D eigenvalue weighted by Crippen LogP contribution is 2.09. The van der Waals surface area contributed by atoms with Crippen molar-refractivity contribution in [3.05, 3.63) is 23.9 Å². The lowest BCUT2D eigenvalue weighted by molar-refractivity contribution is 0.0700. The molecule has 1 aromatic rings. The molecule has 6 nitrogen and oxygen atoms in total. The van der Waals surface area contributed by atoms with Gasteiger partial charge in [-0.3, -0.25) is 15.2 Å². The van der Waals surface area contributed by atoms with Crippen LogP contribution in [0.1, 0.15) is 12.5 Å². The lowest BCUT2D eigenvalue weighted by atomic mass is 10.2. The molecular weight excluding hydrogens is 206 g/mol. The van der Waals surface area contributed by atoms with Crippen LogP contribution in [0.3, 0.4) is 0 Å². The SMILES string of the molecule is CCN=CN(O)C(=NC)c1cccnc1N. The van der Waals surface area contributed by atoms with Crippen molar-refractivity contribution in [2.45, 2.75) is 6.92 Å². The van der Waals surface area contributed by atoms with Crippen molar-refractivity contribution in [3.63, 3.8) is 0 Å². The molecule has 0 amide bonds. The molecule has 0 aromatic carbocycles. The molecule has 6 heteroatoms. The van der Waals surface area contributed by atoms with Gasteiger partial charge in [-0.1, -0.05) is 0 Å². The van der Waals surface area contributed by atoms with Crippen LogP contribution in [0.25, 0.3) is 0 Å². The minimum atomic E-state index is 0.308. The first-order valence-electron chi connectivity index (χ1n) is 4.86. The van der Waals surface area contributed by atoms with Gasteiger partial charge in [-0.2, -0.15) is 5.06 Å². The van der Waals surface area contributed by atoms with E-state index in [2.05, 4.69) is 15.0 Å². The lowest BCUT2D eigenvalue weighted by Crippen LogP contribution is -2.28. The summed E-state index contributed by atoms with van der Waals surface area (Å²) in [5, 5.41) is 10.5. The van der Waals surface area contributed by atoms with Crippen LogP contribution in [0, 0.1) is 0 Å². The Morgan fingerprint density at radius 3 is 3.00 bits per heavy atom. The second-order valence-electron chi connectivity index (χ2n) is 2.94. The van der Waals surface area contributed by atoms with Crippen LogP contribution >= 0.6 is 0 Å². The molecular formula is C10H15N5O. The Labute approximate surface area is 94.1 Å². The minimum Gasteiger partial charge on any atom is -0.383 e. The highest BCUT2D eigenvalue weighted by molar-refractivity contribution is 6.06. The second kappa shape index (κ2) is 5.82. The predicted octanol–water partition coefficient (Wildman–Crippen LogP) is 0.780. The van der Waals surface area contributed by atoms with Crippen LogP contribution in [0.2, 0.25) is 0 Å². The summed E-state index contributed by atoms with van der Waals surface area (Å²) in [4.78, 5) is 11.8. The van der Waals surface area contributed by atoms with Gasteiger partial charge in [-0.15, -0.1) is 0 Å². The summed E-state index contributed by atoms with van der Waals surface area (Å²) in [6.07, 6.45) is 2.86. The number of hydroxylamine groups is 2. The molecule has 16 heavy (non-hydrogen) atoms. The first-order valence-corrected chi connectivity index (χ1v) is 4.86. The standard InChI is InChI=1S/C10H15N5O/c1-3-13-7-15(16)10(12-2)8-5-4-6-14-9(8)11/h4-7,16H,3H2,1-2H3,(H2,11,14). The first-order chi connectivity index (χ1) is 7.70. The summed E-state index contributed by atoms with van der Waals surface area (Å²) in [5.41, 5.74) is 6.25. The zero-order chi connectivity index (χ0) is 12.0. The minimum absolute atomic E-state index is 0.308. The number of rotatable bonds is 3. The second-order valence-corrected chi connectivity index (χ2v) is 2.94. The maximum absolute atomic E-state index is 9.69. The van der Waals surface area contributed by atoms with E-state index in [1.54, 1.807) is 25.4 Å². The number of anilines is 1. The third kappa shape index (κ3) is 2.77. The van der Waals surface area contributed by atoms with Gasteiger partial charge >= 0.3 is 0 Å². The highest BCUT2D eigenvalue weighted by Gasteiger charge is 2.12. The summed E-state index contributed by atoms with van der Waals surface area (Å²) < 4.78 is 0. The van der Waals surface area contributed by atoms with E-state index >= 15 is 0 Å². The van der Waals surface area contributed by atoms with Gasteiger partial charge in [0.15, 0.2) is 5.84 Å². The molecule has 1 heterocycles. The molecule has 3 N–H and O–H groups in total. The normalized spacial score (nSPS) is 12.1. The van der Waals surface area contributed by atoms with Crippen LogP contribution in [0.5, 0.6) is 0 Å². The lowest BCUT2D eigenvalue weighted by Gasteiger charge is -2.14. The number of hydrogen-bond donors (Lipinski definition) is 2. The molecule has 1 aromatic heterocycles. The molecule has 0 unspecified atom stereocenters. The Bertz CT molecular complexity index is 402. The molecule has 0 saturated carbocycles. The Balaban J connectivity index is 3.00. The third-order valence-corrected chi connectivity index (χ3v) is 1.88. The van der Waals surface area contributed by atoms with E-state index in [0.29, 0.717) is 23.8 Å². The third-order valence-electron chi connectivity index (χ3n) is 1.88. The summed E-state index contributed by atoms with van der Waals surface area (Å²) in [6.45, 7) is 2.45. The van der Waals surface area contributed by atoms with Crippen LogP contribution < -0.4 is 5.73 Å². The number of aromatic nitrogens is 1. The zero-order valence-electron chi connectivity index (χ0n) is 9.33. The van der Waals surface area contributed by atoms with Gasteiger partial charge in [0.05, 0.1) is 5.56 Å². The van der Waals surface area contributed by atoms with E-state index in [1.807, 2.05) is 6.92 Å². The molecule has 0 fully saturated rings. The quantitative estimate of drug-likeness (QED) is 0.448. The average molecular weight is 221 g/mol. The van der Waals surface area contributed by atoms with E-state index in [4.69, 9.17) is 5.73 Å². The monoisotopic (exact) mass is 221 g/mol. The summed E-state index contributed by atoms with van der Waals surface area (Å²) >= 11 is 0. The van der Waals surface area contributed by atoms with Crippen molar-refractivity contribution < 1.29 is 5.21 Å². The molecule has 0 radical (unpaired) electrons. The molecule has 86 valence electrons. The number of hydrogen-bond acceptors (Lipinski definition) is 5. The number of aliphatic imine (C=N–C) groups is 2. The van der Waals surface area contributed by atoms with E-state index in [9.17, 15) is 5.21 Å². The Kier molecular flexibility index (Phi) is 4.41. The van der Waals surface area contributed by atoms with Crippen molar-refractivity contribution >= 4 is 18.0 Å². The number of pyridine rings is 1. The number of amidine groups is 1. The van der Waals surface area contributed by atoms with Gasteiger partial charge in [0.2, 0.25) is 0 Å². The maximum Gasteiger partial charge on any atom is 0.165 e. The highest BCUT2D eigenvalue weighted by atomic mass is 16.5. The zero-order valence-corrected chi connectivity index (χ0v) is 9.33. The van der Waals surface area contributed by atoms with Crippen LogP contribution in [-0.2, 0) is 0 Å².